The van der Waals surface area contributed by atoms with E-state index in [1.165, 1.54) is 12.7 Å². The third-order valence-corrected chi connectivity index (χ3v) is 4.76. The second kappa shape index (κ2) is 8.32. The van der Waals surface area contributed by atoms with E-state index < -0.39 is 49.1 Å². The zero-order chi connectivity index (χ0) is 20.4. The first kappa shape index (κ1) is 20.4. The summed E-state index contributed by atoms with van der Waals surface area (Å²) in [6.07, 6.45) is -2.17. The number of carbonyl (C=O) groups excluding carboxylic acids is 1. The maximum absolute atomic E-state index is 12.2. The molecule has 12 nitrogen and oxygen atoms in total. The lowest BCUT2D eigenvalue weighted by molar-refractivity contribution is -0.185. The van der Waals surface area contributed by atoms with E-state index in [4.69, 9.17) is 10.5 Å². The van der Waals surface area contributed by atoms with Gasteiger partial charge in [-0.15, -0.1) is 0 Å². The van der Waals surface area contributed by atoms with Crippen LogP contribution in [0.2, 0.25) is 0 Å². The molecule has 0 saturated carbocycles. The molecule has 1 amide bonds. The Bertz CT molecular complexity index is 814. The standard InChI is InChI=1S/C16H25N7O5/c1-6(2)8(17)15(27)22-9-7(3-24)28-16(12(26)11(9)25)23-14-10-13(19-4-18-10)20-5-21-14/h4-9,11-12,16,24-26H,3,17H2,1-2H3,(H,22,27)(H2,18,19,20,21,23)/t7-,8-,9?,11+,12-,16-/m0/s1. The first-order valence-corrected chi connectivity index (χ1v) is 8.92. The Morgan fingerprint density at radius 1 is 1.32 bits per heavy atom. The van der Waals surface area contributed by atoms with Crippen molar-refractivity contribution in [1.29, 1.82) is 0 Å². The van der Waals surface area contributed by atoms with Crippen LogP contribution in [0.3, 0.4) is 0 Å². The minimum atomic E-state index is -1.42. The molecule has 28 heavy (non-hydrogen) atoms. The van der Waals surface area contributed by atoms with Gasteiger partial charge >= 0.3 is 0 Å². The molecule has 12 heteroatoms. The first-order valence-electron chi connectivity index (χ1n) is 8.92. The second-order valence-corrected chi connectivity index (χ2v) is 7.03. The number of imidazole rings is 1. The third-order valence-electron chi connectivity index (χ3n) is 4.76. The number of H-pyrrole nitrogens is 1. The van der Waals surface area contributed by atoms with E-state index in [1.807, 2.05) is 0 Å². The number of aromatic nitrogens is 4. The van der Waals surface area contributed by atoms with Crippen molar-refractivity contribution >= 4 is 22.9 Å². The van der Waals surface area contributed by atoms with Crippen molar-refractivity contribution in [3.63, 3.8) is 0 Å². The monoisotopic (exact) mass is 395 g/mol. The van der Waals surface area contributed by atoms with E-state index in [2.05, 4.69) is 30.6 Å². The number of anilines is 1. The molecular weight excluding hydrogens is 370 g/mol. The molecule has 6 atom stereocenters. The predicted molar refractivity (Wildman–Crippen MR) is 97.8 cm³/mol. The SMILES string of the molecule is CC(C)[C@H](N)C(=O)NC1[C@H](CO)O[C@H](Nc2ncnc3nc[nH]c23)[C@@H](O)[C@@H]1O. The fourth-order valence-corrected chi connectivity index (χ4v) is 2.99. The van der Waals surface area contributed by atoms with Crippen molar-refractivity contribution < 1.29 is 24.9 Å². The minimum Gasteiger partial charge on any atom is -0.394 e. The Morgan fingerprint density at radius 2 is 2.07 bits per heavy atom. The molecular formula is C16H25N7O5. The number of aliphatic hydroxyl groups excluding tert-OH is 3. The van der Waals surface area contributed by atoms with Gasteiger partial charge in [0.05, 0.1) is 25.0 Å². The quantitative estimate of drug-likeness (QED) is 0.279. The molecule has 2 aromatic rings. The lowest BCUT2D eigenvalue weighted by atomic mass is 9.94. The van der Waals surface area contributed by atoms with Crippen molar-refractivity contribution in [3.8, 4) is 0 Å². The molecule has 0 aromatic carbocycles. The maximum atomic E-state index is 12.2. The number of rotatable bonds is 6. The van der Waals surface area contributed by atoms with Crippen LogP contribution >= 0.6 is 0 Å². The largest absolute Gasteiger partial charge is 0.394 e. The summed E-state index contributed by atoms with van der Waals surface area (Å²) in [5, 5.41) is 36.1. The Hall–Kier alpha value is -2.38. The molecule has 2 aromatic heterocycles. The molecule has 1 unspecified atom stereocenters. The Kier molecular flexibility index (Phi) is 6.05. The molecule has 1 aliphatic rings. The number of aliphatic hydroxyl groups is 3. The van der Waals surface area contributed by atoms with Crippen LogP contribution < -0.4 is 16.4 Å². The molecule has 3 heterocycles. The second-order valence-electron chi connectivity index (χ2n) is 7.03. The highest BCUT2D eigenvalue weighted by atomic mass is 16.5. The van der Waals surface area contributed by atoms with Gasteiger partial charge in [-0.2, -0.15) is 0 Å². The molecule has 0 bridgehead atoms. The number of hydrogen-bond donors (Lipinski definition) is 7. The van der Waals surface area contributed by atoms with E-state index in [1.54, 1.807) is 13.8 Å². The summed E-state index contributed by atoms with van der Waals surface area (Å²) >= 11 is 0. The van der Waals surface area contributed by atoms with Crippen molar-refractivity contribution in [1.82, 2.24) is 25.3 Å². The summed E-state index contributed by atoms with van der Waals surface area (Å²) in [7, 11) is 0. The molecule has 0 radical (unpaired) electrons. The van der Waals surface area contributed by atoms with Gasteiger partial charge in [0.15, 0.2) is 17.7 Å². The molecule has 1 saturated heterocycles. The number of nitrogens with one attached hydrogen (secondary N) is 3. The van der Waals surface area contributed by atoms with Gasteiger partial charge in [-0.05, 0) is 5.92 Å². The Morgan fingerprint density at radius 3 is 2.75 bits per heavy atom. The summed E-state index contributed by atoms with van der Waals surface area (Å²) in [6.45, 7) is 3.08. The summed E-state index contributed by atoms with van der Waals surface area (Å²) in [4.78, 5) is 27.2. The van der Waals surface area contributed by atoms with Crippen LogP contribution in [-0.2, 0) is 9.53 Å². The van der Waals surface area contributed by atoms with Crippen LogP contribution in [0.4, 0.5) is 5.82 Å². The van der Waals surface area contributed by atoms with E-state index in [0.717, 1.165) is 0 Å². The summed E-state index contributed by atoms with van der Waals surface area (Å²) < 4.78 is 5.68. The van der Waals surface area contributed by atoms with Crippen molar-refractivity contribution in [3.05, 3.63) is 12.7 Å². The Balaban J connectivity index is 1.75. The smallest absolute Gasteiger partial charge is 0.237 e. The number of nitrogens with two attached hydrogens (primary N) is 1. The van der Waals surface area contributed by atoms with Gasteiger partial charge in [0.25, 0.3) is 0 Å². The zero-order valence-corrected chi connectivity index (χ0v) is 15.5. The highest BCUT2D eigenvalue weighted by Crippen LogP contribution is 2.24. The van der Waals surface area contributed by atoms with E-state index in [9.17, 15) is 20.1 Å². The minimum absolute atomic E-state index is 0.122. The lowest BCUT2D eigenvalue weighted by Gasteiger charge is -2.43. The van der Waals surface area contributed by atoms with E-state index >= 15 is 0 Å². The fourth-order valence-electron chi connectivity index (χ4n) is 2.99. The third kappa shape index (κ3) is 3.91. The topological polar surface area (TPSA) is 192 Å². The number of aromatic amines is 1. The van der Waals surface area contributed by atoms with Crippen molar-refractivity contribution in [2.45, 2.75) is 50.5 Å². The van der Waals surface area contributed by atoms with Crippen LogP contribution in [0.5, 0.6) is 0 Å². The number of nitrogens with zero attached hydrogens (tertiary/aromatic N) is 3. The van der Waals surface area contributed by atoms with Crippen LogP contribution in [-0.4, -0.2) is 84.4 Å². The highest BCUT2D eigenvalue weighted by Gasteiger charge is 2.45. The van der Waals surface area contributed by atoms with Crippen molar-refractivity contribution in [2.24, 2.45) is 11.7 Å². The van der Waals surface area contributed by atoms with Gasteiger partial charge < -0.3 is 41.4 Å². The first-order chi connectivity index (χ1) is 13.3. The number of hydrogen-bond acceptors (Lipinski definition) is 10. The molecule has 0 aliphatic carbocycles. The summed E-state index contributed by atoms with van der Waals surface area (Å²) in [5.74, 6) is -0.322. The Labute approximate surface area is 160 Å². The predicted octanol–water partition coefficient (Wildman–Crippen LogP) is -2.33. The molecule has 1 fully saturated rings. The van der Waals surface area contributed by atoms with Gasteiger partial charge in [-0.1, -0.05) is 13.8 Å². The fraction of sp³-hybridized carbons (Fsp3) is 0.625. The number of carbonyl (C=O) groups is 1. The van der Waals surface area contributed by atoms with Gasteiger partial charge in [0, 0.05) is 0 Å². The van der Waals surface area contributed by atoms with Gasteiger partial charge in [-0.3, -0.25) is 4.79 Å². The number of fused-ring (bicyclic) bond motifs is 1. The number of ether oxygens (including phenoxy) is 1. The van der Waals surface area contributed by atoms with E-state index in [0.29, 0.717) is 17.0 Å². The molecule has 8 N–H and O–H groups in total. The zero-order valence-electron chi connectivity index (χ0n) is 15.5. The number of amides is 1. The summed E-state index contributed by atoms with van der Waals surface area (Å²) in [5.41, 5.74) is 6.73. The van der Waals surface area contributed by atoms with Crippen LogP contribution in [0.25, 0.3) is 11.2 Å². The van der Waals surface area contributed by atoms with Crippen LogP contribution in [0, 0.1) is 5.92 Å². The van der Waals surface area contributed by atoms with Gasteiger partial charge in [0.1, 0.15) is 30.2 Å². The van der Waals surface area contributed by atoms with Gasteiger partial charge in [0.2, 0.25) is 5.91 Å². The highest BCUT2D eigenvalue weighted by molar-refractivity contribution is 5.82. The van der Waals surface area contributed by atoms with Gasteiger partial charge in [-0.25, -0.2) is 15.0 Å². The average molecular weight is 395 g/mol. The summed E-state index contributed by atoms with van der Waals surface area (Å²) in [6, 6.07) is -1.83. The normalized spacial score (nSPS) is 29.0. The molecule has 154 valence electrons. The van der Waals surface area contributed by atoms with Crippen LogP contribution in [0.15, 0.2) is 12.7 Å². The molecule has 0 spiro atoms. The average Bonchev–Trinajstić information content (AvgIpc) is 3.16. The molecule has 3 rings (SSSR count). The van der Waals surface area contributed by atoms with Crippen LogP contribution in [0.1, 0.15) is 13.8 Å². The molecule has 1 aliphatic heterocycles. The van der Waals surface area contributed by atoms with E-state index in [-0.39, 0.29) is 5.92 Å². The van der Waals surface area contributed by atoms with Crippen molar-refractivity contribution in [2.75, 3.05) is 11.9 Å². The lowest BCUT2D eigenvalue weighted by Crippen LogP contribution is -2.67. The maximum Gasteiger partial charge on any atom is 0.237 e.